The number of furan rings is 2. The van der Waals surface area contributed by atoms with Gasteiger partial charge >= 0.3 is 0 Å². The van der Waals surface area contributed by atoms with Gasteiger partial charge in [0.1, 0.15) is 11.2 Å². The molecule has 2 aromatic heterocycles. The molecule has 0 aliphatic heterocycles. The number of hydrogen-bond acceptors (Lipinski definition) is 8. The van der Waals surface area contributed by atoms with Crippen molar-refractivity contribution in [1.29, 1.82) is 10.5 Å². The molecule has 2 heterocycles. The van der Waals surface area contributed by atoms with Crippen molar-refractivity contribution in [3.63, 3.8) is 0 Å². The van der Waals surface area contributed by atoms with E-state index in [1.165, 1.54) is 11.1 Å². The van der Waals surface area contributed by atoms with Gasteiger partial charge < -0.3 is 28.4 Å². The van der Waals surface area contributed by atoms with E-state index < -0.39 is 0 Å². The summed E-state index contributed by atoms with van der Waals surface area (Å²) in [6, 6.07) is 96.3. The van der Waals surface area contributed by atoms with Gasteiger partial charge in [0.25, 0.3) is 0 Å². The Hall–Kier alpha value is -11.3. The largest absolute Gasteiger partial charge is 0.454 e. The van der Waals surface area contributed by atoms with Crippen LogP contribution in [0.15, 0.2) is 276 Å². The second kappa shape index (κ2) is 20.5. The zero-order chi connectivity index (χ0) is 55.3. The fourth-order valence-corrected chi connectivity index (χ4v) is 11.5. The average Bonchev–Trinajstić information content (AvgIpc) is 4.31. The lowest BCUT2D eigenvalue weighted by Gasteiger charge is -2.27. The fraction of sp³-hybridized carbons (Fsp3) is 0.0270. The number of nitriles is 2. The number of fused-ring (bicyclic) bond motifs is 9. The summed E-state index contributed by atoms with van der Waals surface area (Å²) in [5, 5.41) is 25.6. The van der Waals surface area contributed by atoms with E-state index in [1.807, 2.05) is 97.1 Å². The van der Waals surface area contributed by atoms with E-state index in [2.05, 4.69) is 215 Å². The molecule has 0 spiro atoms. The molecule has 0 amide bonds. The predicted molar refractivity (Wildman–Crippen MR) is 336 cm³/mol. The van der Waals surface area contributed by atoms with Crippen LogP contribution in [0, 0.1) is 36.5 Å². The van der Waals surface area contributed by atoms with Crippen molar-refractivity contribution < 1.29 is 8.83 Å². The molecule has 14 aromatic rings. The van der Waals surface area contributed by atoms with Gasteiger partial charge in [0.2, 0.25) is 0 Å². The lowest BCUT2D eigenvalue weighted by atomic mass is 9.96. The predicted octanol–water partition coefficient (Wildman–Crippen LogP) is 20.9. The van der Waals surface area contributed by atoms with Crippen molar-refractivity contribution in [3.8, 4) is 12.1 Å². The molecule has 0 saturated carbocycles. The van der Waals surface area contributed by atoms with Crippen LogP contribution in [0.4, 0.5) is 68.2 Å². The number of nitrogens with zero attached hydrogens (tertiary/aromatic N) is 6. The third-order valence-corrected chi connectivity index (χ3v) is 15.4. The topological polar surface area (TPSA) is 86.8 Å². The van der Waals surface area contributed by atoms with Crippen molar-refractivity contribution in [2.24, 2.45) is 0 Å². The van der Waals surface area contributed by atoms with E-state index in [9.17, 15) is 10.5 Å². The molecule has 0 unspecified atom stereocenters. The van der Waals surface area contributed by atoms with E-state index in [4.69, 9.17) is 8.83 Å². The van der Waals surface area contributed by atoms with Crippen LogP contribution in [0.25, 0.3) is 54.6 Å². The first-order valence-corrected chi connectivity index (χ1v) is 27.3. The van der Waals surface area contributed by atoms with E-state index in [0.29, 0.717) is 33.5 Å². The molecule has 0 N–H and O–H groups in total. The molecule has 0 saturated heterocycles. The van der Waals surface area contributed by atoms with Crippen molar-refractivity contribution in [3.05, 3.63) is 289 Å². The summed E-state index contributed by atoms with van der Waals surface area (Å²) in [5.41, 5.74) is 17.3. The Kier molecular flexibility index (Phi) is 12.2. The standard InChI is InChI=1S/C74H50N6O2/c1-49-23-31-57(32-24-49)77(53-15-7-3-8-16-53)61-39-41-63-69(43-61)81-73-67(79(55-19-11-5-12-20-55)59-35-27-51(47-75)28-36-59)46-66-65(71(63)73)45-68(80(56-21-13-6-14-22-56)60-37-29-52(48-76)30-38-60)74-72(66)64-42-40-62(44-70(64)82-74)78(54-17-9-4-10-18-54)58-33-25-50(2)26-34-58/h3-46H,1-2H3. The summed E-state index contributed by atoms with van der Waals surface area (Å²) < 4.78 is 14.9. The van der Waals surface area contributed by atoms with Gasteiger partial charge in [-0.3, -0.25) is 0 Å². The van der Waals surface area contributed by atoms with Crippen LogP contribution in [0.2, 0.25) is 0 Å². The molecule has 14 rings (SSSR count). The SMILES string of the molecule is Cc1ccc(N(c2ccccc2)c2ccc3c(c2)oc2c(N(c4ccccc4)c4ccc(C#N)cc4)cc4c(cc(N(c5ccccc5)c5ccc(C#N)cc5)c5oc6cc(N(c7ccccc7)c7ccc(C)cc7)ccc6c54)c23)cc1. The number of para-hydroxylation sites is 4. The molecule has 0 aliphatic carbocycles. The second-order valence-electron chi connectivity index (χ2n) is 20.5. The Morgan fingerprint density at radius 3 is 0.890 bits per heavy atom. The number of rotatable bonds is 12. The van der Waals surface area contributed by atoms with E-state index in [-0.39, 0.29) is 0 Å². The molecule has 8 heteroatoms. The molecule has 0 fully saturated rings. The molecule has 12 aromatic carbocycles. The van der Waals surface area contributed by atoms with Gasteiger partial charge in [0, 0.05) is 90.6 Å². The third kappa shape index (κ3) is 8.65. The molecular weight excluding hydrogens is 1000 g/mol. The maximum Gasteiger partial charge on any atom is 0.160 e. The van der Waals surface area contributed by atoms with Gasteiger partial charge in [0.15, 0.2) is 11.2 Å². The summed E-state index contributed by atoms with van der Waals surface area (Å²) in [5.74, 6) is 0. The van der Waals surface area contributed by atoms with Gasteiger partial charge in [0.05, 0.1) is 34.6 Å². The molecule has 82 heavy (non-hydrogen) atoms. The first-order valence-electron chi connectivity index (χ1n) is 27.3. The van der Waals surface area contributed by atoms with Gasteiger partial charge in [-0.15, -0.1) is 0 Å². The Balaban J connectivity index is 1.12. The normalized spacial score (nSPS) is 11.3. The molecule has 0 bridgehead atoms. The van der Waals surface area contributed by atoms with Crippen molar-refractivity contribution in [1.82, 2.24) is 0 Å². The molecule has 0 radical (unpaired) electrons. The van der Waals surface area contributed by atoms with Gasteiger partial charge in [-0.25, -0.2) is 0 Å². The van der Waals surface area contributed by atoms with E-state index >= 15 is 0 Å². The molecule has 0 aliphatic rings. The Labute approximate surface area is 474 Å². The maximum absolute atomic E-state index is 10.0. The Bertz CT molecular complexity index is 4450. The third-order valence-electron chi connectivity index (χ3n) is 15.4. The van der Waals surface area contributed by atoms with Crippen LogP contribution >= 0.6 is 0 Å². The summed E-state index contributed by atoms with van der Waals surface area (Å²) in [7, 11) is 0. The summed E-state index contributed by atoms with van der Waals surface area (Å²) in [6.07, 6.45) is 0. The first kappa shape index (κ1) is 49.0. The highest BCUT2D eigenvalue weighted by Crippen LogP contribution is 2.53. The quantitative estimate of drug-likeness (QED) is 0.120. The number of benzene rings is 12. The van der Waals surface area contributed by atoms with Gasteiger partial charge in [-0.2, -0.15) is 10.5 Å². The molecule has 8 nitrogen and oxygen atoms in total. The van der Waals surface area contributed by atoms with Crippen molar-refractivity contribution >= 4 is 123 Å². The van der Waals surface area contributed by atoms with E-state index in [1.54, 1.807) is 0 Å². The van der Waals surface area contributed by atoms with Crippen LogP contribution < -0.4 is 19.6 Å². The van der Waals surface area contributed by atoms with Gasteiger partial charge in [-0.1, -0.05) is 108 Å². The second-order valence-corrected chi connectivity index (χ2v) is 20.5. The highest BCUT2D eigenvalue weighted by atomic mass is 16.3. The summed E-state index contributed by atoms with van der Waals surface area (Å²) in [4.78, 5) is 8.97. The number of hydrogen-bond donors (Lipinski definition) is 0. The zero-order valence-corrected chi connectivity index (χ0v) is 44.9. The van der Waals surface area contributed by atoms with Crippen LogP contribution in [-0.2, 0) is 0 Å². The van der Waals surface area contributed by atoms with Crippen LogP contribution in [0.5, 0.6) is 0 Å². The average molecular weight is 1060 g/mol. The number of aryl methyl sites for hydroxylation is 2. The molecular formula is C74H50N6O2. The van der Waals surface area contributed by atoms with Crippen LogP contribution in [0.1, 0.15) is 22.3 Å². The monoisotopic (exact) mass is 1050 g/mol. The zero-order valence-electron chi connectivity index (χ0n) is 44.9. The molecule has 0 atom stereocenters. The smallest absolute Gasteiger partial charge is 0.160 e. The van der Waals surface area contributed by atoms with Crippen LogP contribution in [0.3, 0.4) is 0 Å². The van der Waals surface area contributed by atoms with Gasteiger partial charge in [-0.05, 0) is 182 Å². The minimum Gasteiger partial charge on any atom is -0.454 e. The highest BCUT2D eigenvalue weighted by molar-refractivity contribution is 6.32. The fourth-order valence-electron chi connectivity index (χ4n) is 11.5. The summed E-state index contributed by atoms with van der Waals surface area (Å²) in [6.45, 7) is 4.21. The number of anilines is 12. The van der Waals surface area contributed by atoms with Crippen molar-refractivity contribution in [2.75, 3.05) is 19.6 Å². The lowest BCUT2D eigenvalue weighted by molar-refractivity contribution is 0.668. The Morgan fingerprint density at radius 1 is 0.280 bits per heavy atom. The summed E-state index contributed by atoms with van der Waals surface area (Å²) >= 11 is 0. The highest BCUT2D eigenvalue weighted by Gasteiger charge is 2.29. The van der Waals surface area contributed by atoms with Crippen LogP contribution in [-0.4, -0.2) is 0 Å². The molecule has 388 valence electrons. The minimum atomic E-state index is 0.560. The van der Waals surface area contributed by atoms with E-state index in [0.717, 1.165) is 101 Å². The van der Waals surface area contributed by atoms with Crippen molar-refractivity contribution in [2.45, 2.75) is 13.8 Å². The lowest BCUT2D eigenvalue weighted by Crippen LogP contribution is -2.11. The minimum absolute atomic E-state index is 0.560. The maximum atomic E-state index is 10.0. The first-order chi connectivity index (χ1) is 40.4. The Morgan fingerprint density at radius 2 is 0.561 bits per heavy atom.